The molecule has 1 aliphatic heterocycles. The molecule has 0 aliphatic carbocycles. The number of hydrogen-bond acceptors (Lipinski definition) is 3. The summed E-state index contributed by atoms with van der Waals surface area (Å²) in [5.41, 5.74) is 0.966. The SMILES string of the molecule is CCN1CCN(C(=O)CN(Cc2ccc(Cl)cc2)C(C)=O)CC1. The summed E-state index contributed by atoms with van der Waals surface area (Å²) in [5.74, 6) is -0.0783. The summed E-state index contributed by atoms with van der Waals surface area (Å²) in [5, 5.41) is 0.660. The second-order valence-corrected chi connectivity index (χ2v) is 6.25. The topological polar surface area (TPSA) is 43.9 Å². The molecule has 0 atom stereocenters. The fourth-order valence-corrected chi connectivity index (χ4v) is 2.79. The van der Waals surface area contributed by atoms with Crippen molar-refractivity contribution < 1.29 is 9.59 Å². The summed E-state index contributed by atoms with van der Waals surface area (Å²) >= 11 is 5.88. The second kappa shape index (κ2) is 8.31. The third-order valence-electron chi connectivity index (χ3n) is 4.23. The predicted octanol–water partition coefficient (Wildman–Crippen LogP) is 1.85. The Labute approximate surface area is 142 Å². The molecule has 0 unspecified atom stereocenters. The van der Waals surface area contributed by atoms with E-state index in [-0.39, 0.29) is 18.4 Å². The average Bonchev–Trinajstić information content (AvgIpc) is 2.56. The molecule has 5 nitrogen and oxygen atoms in total. The number of carbonyl (C=O) groups excluding carboxylic acids is 2. The minimum atomic E-state index is -0.0968. The lowest BCUT2D eigenvalue weighted by Crippen LogP contribution is -2.51. The Balaban J connectivity index is 1.92. The lowest BCUT2D eigenvalue weighted by atomic mass is 10.2. The highest BCUT2D eigenvalue weighted by Crippen LogP contribution is 2.12. The smallest absolute Gasteiger partial charge is 0.242 e. The number of likely N-dealkylation sites (N-methyl/N-ethyl adjacent to an activating group) is 1. The van der Waals surface area contributed by atoms with E-state index in [1.807, 2.05) is 17.0 Å². The summed E-state index contributed by atoms with van der Waals surface area (Å²) in [7, 11) is 0. The lowest BCUT2D eigenvalue weighted by Gasteiger charge is -2.35. The minimum Gasteiger partial charge on any atom is -0.339 e. The number of piperazine rings is 1. The molecule has 23 heavy (non-hydrogen) atoms. The van der Waals surface area contributed by atoms with Crippen molar-refractivity contribution in [3.8, 4) is 0 Å². The second-order valence-electron chi connectivity index (χ2n) is 5.82. The zero-order valence-electron chi connectivity index (χ0n) is 13.8. The van der Waals surface area contributed by atoms with Crippen molar-refractivity contribution >= 4 is 23.4 Å². The largest absolute Gasteiger partial charge is 0.339 e. The van der Waals surface area contributed by atoms with Crippen LogP contribution in [0.2, 0.25) is 5.02 Å². The first-order valence-corrected chi connectivity index (χ1v) is 8.37. The standard InChI is InChI=1S/C17H24ClN3O2/c1-3-19-8-10-20(11-9-19)17(23)13-21(14(2)22)12-15-4-6-16(18)7-5-15/h4-7H,3,8-13H2,1-2H3. The van der Waals surface area contributed by atoms with E-state index in [4.69, 9.17) is 11.6 Å². The van der Waals surface area contributed by atoms with Gasteiger partial charge in [0.2, 0.25) is 11.8 Å². The van der Waals surface area contributed by atoms with Crippen LogP contribution in [0.15, 0.2) is 24.3 Å². The van der Waals surface area contributed by atoms with Crippen molar-refractivity contribution in [2.24, 2.45) is 0 Å². The first kappa shape index (κ1) is 17.8. The monoisotopic (exact) mass is 337 g/mol. The van der Waals surface area contributed by atoms with Crippen molar-refractivity contribution in [1.29, 1.82) is 0 Å². The zero-order valence-corrected chi connectivity index (χ0v) is 14.6. The maximum Gasteiger partial charge on any atom is 0.242 e. The Hall–Kier alpha value is -1.59. The van der Waals surface area contributed by atoms with Gasteiger partial charge in [-0.25, -0.2) is 0 Å². The van der Waals surface area contributed by atoms with Gasteiger partial charge in [0.1, 0.15) is 6.54 Å². The molecule has 6 heteroatoms. The quantitative estimate of drug-likeness (QED) is 0.823. The highest BCUT2D eigenvalue weighted by atomic mass is 35.5. The van der Waals surface area contributed by atoms with Gasteiger partial charge in [-0.3, -0.25) is 9.59 Å². The highest BCUT2D eigenvalue weighted by Gasteiger charge is 2.23. The molecule has 0 spiro atoms. The molecule has 0 bridgehead atoms. The molecule has 126 valence electrons. The van der Waals surface area contributed by atoms with Gasteiger partial charge in [0.05, 0.1) is 0 Å². The highest BCUT2D eigenvalue weighted by molar-refractivity contribution is 6.30. The predicted molar refractivity (Wildman–Crippen MR) is 91.2 cm³/mol. The fourth-order valence-electron chi connectivity index (χ4n) is 2.67. The molecule has 2 rings (SSSR count). The summed E-state index contributed by atoms with van der Waals surface area (Å²) < 4.78 is 0. The van der Waals surface area contributed by atoms with Crippen molar-refractivity contribution in [1.82, 2.24) is 14.7 Å². The van der Waals surface area contributed by atoms with Gasteiger partial charge < -0.3 is 14.7 Å². The Morgan fingerprint density at radius 3 is 2.26 bits per heavy atom. The van der Waals surface area contributed by atoms with Gasteiger partial charge in [0, 0.05) is 44.7 Å². The van der Waals surface area contributed by atoms with Crippen LogP contribution in [-0.2, 0) is 16.1 Å². The van der Waals surface area contributed by atoms with Gasteiger partial charge in [-0.1, -0.05) is 30.7 Å². The van der Waals surface area contributed by atoms with E-state index in [2.05, 4.69) is 11.8 Å². The van der Waals surface area contributed by atoms with Crippen LogP contribution in [0.4, 0.5) is 0 Å². The van der Waals surface area contributed by atoms with E-state index >= 15 is 0 Å². The number of benzene rings is 1. The van der Waals surface area contributed by atoms with Crippen LogP contribution in [-0.4, -0.2) is 65.8 Å². The molecule has 1 aromatic carbocycles. The van der Waals surface area contributed by atoms with Crippen molar-refractivity contribution in [3.63, 3.8) is 0 Å². The van der Waals surface area contributed by atoms with E-state index in [1.165, 1.54) is 6.92 Å². The van der Waals surface area contributed by atoms with E-state index < -0.39 is 0 Å². The van der Waals surface area contributed by atoms with Gasteiger partial charge in [-0.2, -0.15) is 0 Å². The molecule has 1 aliphatic rings. The van der Waals surface area contributed by atoms with Crippen molar-refractivity contribution in [2.75, 3.05) is 39.3 Å². The molecule has 0 N–H and O–H groups in total. The van der Waals surface area contributed by atoms with Crippen LogP contribution in [0, 0.1) is 0 Å². The van der Waals surface area contributed by atoms with Crippen LogP contribution in [0.1, 0.15) is 19.4 Å². The maximum atomic E-state index is 12.4. The molecule has 1 heterocycles. The number of hydrogen-bond donors (Lipinski definition) is 0. The first-order valence-electron chi connectivity index (χ1n) is 7.99. The van der Waals surface area contributed by atoms with Crippen molar-refractivity contribution in [2.45, 2.75) is 20.4 Å². The number of carbonyl (C=O) groups is 2. The van der Waals surface area contributed by atoms with Crippen LogP contribution in [0.5, 0.6) is 0 Å². The van der Waals surface area contributed by atoms with Gasteiger partial charge in [0.25, 0.3) is 0 Å². The van der Waals surface area contributed by atoms with Gasteiger partial charge in [0.15, 0.2) is 0 Å². The Morgan fingerprint density at radius 2 is 1.74 bits per heavy atom. The molecular weight excluding hydrogens is 314 g/mol. The molecule has 0 aromatic heterocycles. The average molecular weight is 338 g/mol. The third-order valence-corrected chi connectivity index (χ3v) is 4.48. The van der Waals surface area contributed by atoms with E-state index in [0.29, 0.717) is 11.6 Å². The number of rotatable bonds is 5. The minimum absolute atomic E-state index is 0.0184. The molecule has 0 radical (unpaired) electrons. The van der Waals surface area contributed by atoms with Crippen LogP contribution in [0.3, 0.4) is 0 Å². The molecular formula is C17H24ClN3O2. The summed E-state index contributed by atoms with van der Waals surface area (Å²) in [6.45, 7) is 8.46. The van der Waals surface area contributed by atoms with Crippen LogP contribution in [0.25, 0.3) is 0 Å². The number of nitrogens with zero attached hydrogens (tertiary/aromatic N) is 3. The number of halogens is 1. The van der Waals surface area contributed by atoms with Crippen molar-refractivity contribution in [3.05, 3.63) is 34.9 Å². The maximum absolute atomic E-state index is 12.4. The van der Waals surface area contributed by atoms with E-state index in [9.17, 15) is 9.59 Å². The molecule has 1 fully saturated rings. The normalized spacial score (nSPS) is 15.5. The Morgan fingerprint density at radius 1 is 1.13 bits per heavy atom. The first-order chi connectivity index (χ1) is 11.0. The van der Waals surface area contributed by atoms with E-state index in [1.54, 1.807) is 17.0 Å². The van der Waals surface area contributed by atoms with Crippen LogP contribution < -0.4 is 0 Å². The van der Waals surface area contributed by atoms with Gasteiger partial charge in [-0.15, -0.1) is 0 Å². The van der Waals surface area contributed by atoms with Gasteiger partial charge >= 0.3 is 0 Å². The third kappa shape index (κ3) is 5.22. The lowest BCUT2D eigenvalue weighted by molar-refractivity contribution is -0.140. The summed E-state index contributed by atoms with van der Waals surface area (Å²) in [6, 6.07) is 7.34. The van der Waals surface area contributed by atoms with Crippen LogP contribution >= 0.6 is 11.6 Å². The number of amides is 2. The van der Waals surface area contributed by atoms with E-state index in [0.717, 1.165) is 38.3 Å². The fraction of sp³-hybridized carbons (Fsp3) is 0.529. The Bertz CT molecular complexity index is 539. The van der Waals surface area contributed by atoms with Gasteiger partial charge in [-0.05, 0) is 24.2 Å². The molecule has 1 aromatic rings. The molecule has 0 saturated carbocycles. The molecule has 2 amide bonds. The molecule has 1 saturated heterocycles. The Kier molecular flexibility index (Phi) is 6.42. The summed E-state index contributed by atoms with van der Waals surface area (Å²) in [6.07, 6.45) is 0. The summed E-state index contributed by atoms with van der Waals surface area (Å²) in [4.78, 5) is 30.0. The zero-order chi connectivity index (χ0) is 16.8.